The molecule has 14 heavy (non-hydrogen) atoms. The van der Waals surface area contributed by atoms with E-state index in [1.165, 1.54) is 11.8 Å². The highest BCUT2D eigenvalue weighted by atomic mass is 32.2. The lowest BCUT2D eigenvalue weighted by molar-refractivity contribution is -0.118. The second-order valence-corrected chi connectivity index (χ2v) is 4.20. The van der Waals surface area contributed by atoms with Gasteiger partial charge in [-0.15, -0.1) is 0 Å². The number of rotatable bonds is 1. The van der Waals surface area contributed by atoms with Gasteiger partial charge in [0.05, 0.1) is 10.9 Å². The van der Waals surface area contributed by atoms with Crippen molar-refractivity contribution in [3.05, 3.63) is 24.5 Å². The van der Waals surface area contributed by atoms with E-state index in [4.69, 9.17) is 0 Å². The summed E-state index contributed by atoms with van der Waals surface area (Å²) >= 11 is 1.44. The quantitative estimate of drug-likeness (QED) is 0.755. The Morgan fingerprint density at radius 3 is 2.79 bits per heavy atom. The Hall–Kier alpha value is -1.36. The molecule has 1 saturated heterocycles. The Morgan fingerprint density at radius 2 is 2.21 bits per heavy atom. The van der Waals surface area contributed by atoms with Crippen LogP contribution in [0.3, 0.4) is 0 Å². The number of aromatic nitrogens is 1. The third-order valence-electron chi connectivity index (χ3n) is 1.78. The van der Waals surface area contributed by atoms with Crippen molar-refractivity contribution in [1.29, 1.82) is 0 Å². The number of carbonyl (C=O) groups is 1. The fourth-order valence-corrected chi connectivity index (χ4v) is 1.87. The molecule has 0 bridgehead atoms. The molecule has 0 aliphatic carbocycles. The van der Waals surface area contributed by atoms with E-state index in [1.54, 1.807) is 24.5 Å². The fourth-order valence-electron chi connectivity index (χ4n) is 1.05. The standard InChI is InChI=1S/C9H9N3OS/c1-6-8(13)12-9(14-6)11-7-2-4-10-5-3-7/h2-6H,1H3,(H,10,11,12,13). The second kappa shape index (κ2) is 3.79. The Labute approximate surface area is 85.8 Å². The molecule has 0 spiro atoms. The molecule has 0 aromatic carbocycles. The minimum atomic E-state index is -0.0458. The topological polar surface area (TPSA) is 54.4 Å². The third-order valence-corrected chi connectivity index (χ3v) is 2.77. The van der Waals surface area contributed by atoms with Crippen LogP contribution < -0.4 is 5.32 Å². The zero-order valence-corrected chi connectivity index (χ0v) is 8.41. The molecular weight excluding hydrogens is 198 g/mol. The summed E-state index contributed by atoms with van der Waals surface area (Å²) in [6, 6.07) is 3.59. The van der Waals surface area contributed by atoms with E-state index in [-0.39, 0.29) is 11.2 Å². The van der Waals surface area contributed by atoms with Crippen molar-refractivity contribution >= 4 is 28.5 Å². The van der Waals surface area contributed by atoms with E-state index in [1.807, 2.05) is 6.92 Å². The van der Waals surface area contributed by atoms with Gasteiger partial charge in [-0.2, -0.15) is 0 Å². The van der Waals surface area contributed by atoms with Crippen LogP contribution in [0.5, 0.6) is 0 Å². The molecule has 1 aromatic rings. The monoisotopic (exact) mass is 207 g/mol. The van der Waals surface area contributed by atoms with Crippen LogP contribution in [-0.4, -0.2) is 21.3 Å². The molecule has 1 aliphatic rings. The Bertz CT molecular complexity index is 377. The van der Waals surface area contributed by atoms with E-state index < -0.39 is 0 Å². The zero-order valence-electron chi connectivity index (χ0n) is 7.60. The molecular formula is C9H9N3OS. The number of amides is 1. The Balaban J connectivity index is 2.17. The highest BCUT2D eigenvalue weighted by molar-refractivity contribution is 8.15. The van der Waals surface area contributed by atoms with Crippen molar-refractivity contribution in [3.63, 3.8) is 0 Å². The van der Waals surface area contributed by atoms with Gasteiger partial charge in [-0.05, 0) is 19.1 Å². The normalized spacial score (nSPS) is 23.9. The van der Waals surface area contributed by atoms with Crippen molar-refractivity contribution < 1.29 is 4.79 Å². The number of thioether (sulfide) groups is 1. The van der Waals surface area contributed by atoms with Crippen LogP contribution in [0, 0.1) is 0 Å². The molecule has 1 aromatic heterocycles. The van der Waals surface area contributed by atoms with Gasteiger partial charge in [0, 0.05) is 12.4 Å². The predicted octanol–water partition coefficient (Wildman–Crippen LogP) is 1.32. The first-order valence-electron chi connectivity index (χ1n) is 4.22. The number of amidine groups is 1. The minimum Gasteiger partial charge on any atom is -0.304 e. The van der Waals surface area contributed by atoms with Gasteiger partial charge in [-0.25, -0.2) is 4.99 Å². The van der Waals surface area contributed by atoms with Crippen molar-refractivity contribution in [1.82, 2.24) is 10.3 Å². The largest absolute Gasteiger partial charge is 0.304 e. The van der Waals surface area contributed by atoms with Gasteiger partial charge in [0.25, 0.3) is 0 Å². The summed E-state index contributed by atoms with van der Waals surface area (Å²) in [7, 11) is 0. The molecule has 2 rings (SSSR count). The lowest BCUT2D eigenvalue weighted by Gasteiger charge is -1.94. The van der Waals surface area contributed by atoms with E-state index in [0.717, 1.165) is 5.69 Å². The summed E-state index contributed by atoms with van der Waals surface area (Å²) in [5.41, 5.74) is 0.803. The molecule has 1 fully saturated rings. The highest BCUT2D eigenvalue weighted by Crippen LogP contribution is 2.21. The van der Waals surface area contributed by atoms with Crippen molar-refractivity contribution in [2.24, 2.45) is 4.99 Å². The van der Waals surface area contributed by atoms with Gasteiger partial charge in [0.1, 0.15) is 0 Å². The first-order chi connectivity index (χ1) is 6.75. The summed E-state index contributed by atoms with van der Waals surface area (Å²) in [6.45, 7) is 1.86. The molecule has 1 amide bonds. The number of aliphatic imine (C=N–C) groups is 1. The number of hydrogen-bond donors (Lipinski definition) is 1. The van der Waals surface area contributed by atoms with E-state index in [9.17, 15) is 4.79 Å². The minimum absolute atomic E-state index is 0.0165. The van der Waals surface area contributed by atoms with Crippen LogP contribution in [0.15, 0.2) is 29.5 Å². The molecule has 1 aliphatic heterocycles. The summed E-state index contributed by atoms with van der Waals surface area (Å²) in [5, 5.41) is 3.32. The Kier molecular flexibility index (Phi) is 2.49. The van der Waals surface area contributed by atoms with Gasteiger partial charge in [0.2, 0.25) is 5.91 Å². The van der Waals surface area contributed by atoms with Gasteiger partial charge in [-0.1, -0.05) is 11.8 Å². The van der Waals surface area contributed by atoms with Crippen molar-refractivity contribution in [2.75, 3.05) is 0 Å². The van der Waals surface area contributed by atoms with Gasteiger partial charge in [0.15, 0.2) is 5.17 Å². The Morgan fingerprint density at radius 1 is 1.50 bits per heavy atom. The number of nitrogens with one attached hydrogen (secondary N) is 1. The number of pyridine rings is 1. The zero-order chi connectivity index (χ0) is 9.97. The molecule has 0 saturated carbocycles. The first kappa shape index (κ1) is 9.21. The molecule has 4 nitrogen and oxygen atoms in total. The van der Waals surface area contributed by atoms with Crippen LogP contribution in [0.4, 0.5) is 5.69 Å². The predicted molar refractivity (Wildman–Crippen MR) is 56.5 cm³/mol. The molecule has 1 atom stereocenters. The van der Waals surface area contributed by atoms with Gasteiger partial charge < -0.3 is 5.32 Å². The van der Waals surface area contributed by atoms with Crippen LogP contribution in [0.1, 0.15) is 6.92 Å². The van der Waals surface area contributed by atoms with Crippen LogP contribution >= 0.6 is 11.8 Å². The molecule has 1 unspecified atom stereocenters. The van der Waals surface area contributed by atoms with Crippen LogP contribution in [-0.2, 0) is 4.79 Å². The average Bonchev–Trinajstić information content (AvgIpc) is 2.47. The van der Waals surface area contributed by atoms with E-state index in [0.29, 0.717) is 5.17 Å². The maximum absolute atomic E-state index is 11.1. The lowest BCUT2D eigenvalue weighted by Crippen LogP contribution is -2.23. The lowest BCUT2D eigenvalue weighted by atomic mass is 10.4. The SMILES string of the molecule is CC1SC(=Nc2ccncc2)NC1=O. The van der Waals surface area contributed by atoms with Crippen LogP contribution in [0.25, 0.3) is 0 Å². The van der Waals surface area contributed by atoms with E-state index in [2.05, 4.69) is 15.3 Å². The smallest absolute Gasteiger partial charge is 0.239 e. The van der Waals surface area contributed by atoms with E-state index >= 15 is 0 Å². The second-order valence-electron chi connectivity index (χ2n) is 2.87. The maximum atomic E-state index is 11.1. The van der Waals surface area contributed by atoms with Gasteiger partial charge in [-0.3, -0.25) is 9.78 Å². The first-order valence-corrected chi connectivity index (χ1v) is 5.10. The van der Waals surface area contributed by atoms with Crippen molar-refractivity contribution in [2.45, 2.75) is 12.2 Å². The molecule has 2 heterocycles. The number of nitrogens with zero attached hydrogens (tertiary/aromatic N) is 2. The summed E-state index contributed by atoms with van der Waals surface area (Å²) < 4.78 is 0. The third kappa shape index (κ3) is 1.93. The summed E-state index contributed by atoms with van der Waals surface area (Å²) in [4.78, 5) is 19.3. The molecule has 5 heteroatoms. The molecule has 0 radical (unpaired) electrons. The number of carbonyl (C=O) groups excluding carboxylic acids is 1. The van der Waals surface area contributed by atoms with Gasteiger partial charge >= 0.3 is 0 Å². The molecule has 72 valence electrons. The average molecular weight is 207 g/mol. The fraction of sp³-hybridized carbons (Fsp3) is 0.222. The highest BCUT2D eigenvalue weighted by Gasteiger charge is 2.25. The molecule has 1 N–H and O–H groups in total. The van der Waals surface area contributed by atoms with Crippen molar-refractivity contribution in [3.8, 4) is 0 Å². The summed E-state index contributed by atoms with van der Waals surface area (Å²) in [5.74, 6) is 0.0165. The maximum Gasteiger partial charge on any atom is 0.239 e. The van der Waals surface area contributed by atoms with Crippen LogP contribution in [0.2, 0.25) is 0 Å². The summed E-state index contributed by atoms with van der Waals surface area (Å²) in [6.07, 6.45) is 3.34. The number of hydrogen-bond acceptors (Lipinski definition) is 4.